The monoisotopic (exact) mass is 1240 g/mol. The average Bonchev–Trinajstić information content (AvgIpc) is 1.25. The summed E-state index contributed by atoms with van der Waals surface area (Å²) in [5.74, 6) is -1.05. The van der Waals surface area contributed by atoms with Crippen molar-refractivity contribution in [3.05, 3.63) is 11.6 Å². The molecule has 0 spiro atoms. The Labute approximate surface area is 499 Å². The molecule has 27 heteroatoms. The molecular weight excluding hydrogens is 1140 g/mol. The molecule has 0 aromatic rings. The van der Waals surface area contributed by atoms with Crippen molar-refractivity contribution in [3.63, 3.8) is 0 Å². The zero-order chi connectivity index (χ0) is 62.9. The number of esters is 1. The van der Waals surface area contributed by atoms with E-state index < -0.39 is 189 Å². The minimum absolute atomic E-state index is 0.0869. The maximum atomic E-state index is 15.3. The van der Waals surface area contributed by atoms with Crippen LogP contribution in [-0.4, -0.2) is 267 Å². The second kappa shape index (κ2) is 24.6. The SMILES string of the molecule is C[C@@H]1O[C@@H](O[C@H]2[C@H](O[C@@H]3CC[C@@]4(C)[C@H](CC[C@]5(C)[C@@H]4CC=C4[C@H]6CC(C)(C)CC[C@]6(C(=O)O[C@H]6O[C@H]([C@H](O)O[C@H]7O[C@H](CO)[C@@H](O[C@H]8O[C@H](C)[C@@H](O)[C@H](O)[C@@H]8O)[C@H](O)[C@H]7O)[C@@H](O)[C@H](O)[C@H]6O)CC[C@]45C)[C@]3(C)CO)OC[C@H](O)[C@@H]2O)[C@H](O)[C@H](O)[C@H]1O. The van der Waals surface area contributed by atoms with Gasteiger partial charge in [0.2, 0.25) is 6.29 Å². The van der Waals surface area contributed by atoms with E-state index in [9.17, 15) is 81.7 Å². The van der Waals surface area contributed by atoms with Crippen LogP contribution in [0.4, 0.5) is 0 Å². The van der Waals surface area contributed by atoms with Crippen molar-refractivity contribution in [1.29, 1.82) is 0 Å². The highest BCUT2D eigenvalue weighted by molar-refractivity contribution is 5.79. The molecular formula is C59H96O27. The molecule has 34 atom stereocenters. The van der Waals surface area contributed by atoms with Gasteiger partial charge < -0.3 is 129 Å². The molecule has 0 aromatic heterocycles. The van der Waals surface area contributed by atoms with Crippen molar-refractivity contribution < 1.29 is 134 Å². The third kappa shape index (κ3) is 11.1. The van der Waals surface area contributed by atoms with Crippen molar-refractivity contribution in [2.45, 2.75) is 279 Å². The van der Waals surface area contributed by atoms with Gasteiger partial charge in [-0.05, 0) is 117 Å². The van der Waals surface area contributed by atoms with Crippen LogP contribution in [0.1, 0.15) is 120 Å². The number of aliphatic hydroxyl groups excluding tert-OH is 16. The molecule has 5 aliphatic carbocycles. The molecule has 0 aromatic carbocycles. The Morgan fingerprint density at radius 3 is 1.79 bits per heavy atom. The molecule has 27 nitrogen and oxygen atoms in total. The van der Waals surface area contributed by atoms with Crippen LogP contribution in [-0.2, 0) is 52.2 Å². The topological polar surface area (TPSA) is 433 Å². The molecule has 0 amide bonds. The molecule has 10 rings (SSSR count). The molecule has 5 heterocycles. The number of carbonyl (C=O) groups excluding carboxylic acids is 1. The summed E-state index contributed by atoms with van der Waals surface area (Å²) in [4.78, 5) is 15.3. The van der Waals surface area contributed by atoms with Crippen molar-refractivity contribution in [2.75, 3.05) is 19.8 Å². The lowest BCUT2D eigenvalue weighted by molar-refractivity contribution is -0.386. The fourth-order valence-corrected chi connectivity index (χ4v) is 17.6. The van der Waals surface area contributed by atoms with Crippen LogP contribution >= 0.6 is 0 Å². The predicted molar refractivity (Wildman–Crippen MR) is 289 cm³/mol. The van der Waals surface area contributed by atoms with Crippen molar-refractivity contribution in [3.8, 4) is 0 Å². The summed E-state index contributed by atoms with van der Waals surface area (Å²) in [6.45, 7) is 14.7. The lowest BCUT2D eigenvalue weighted by Crippen LogP contribution is -2.67. The van der Waals surface area contributed by atoms with Gasteiger partial charge in [-0.25, -0.2) is 0 Å². The first-order valence-electron chi connectivity index (χ1n) is 30.8. The highest BCUT2D eigenvalue weighted by Gasteiger charge is 2.71. The summed E-state index contributed by atoms with van der Waals surface area (Å²) in [6.07, 6.45) is -34.6. The van der Waals surface area contributed by atoms with Crippen molar-refractivity contribution in [2.24, 2.45) is 50.2 Å². The molecule has 4 saturated carbocycles. The first-order valence-corrected chi connectivity index (χ1v) is 30.8. The van der Waals surface area contributed by atoms with Gasteiger partial charge in [0.15, 0.2) is 31.5 Å². The van der Waals surface area contributed by atoms with Gasteiger partial charge >= 0.3 is 5.97 Å². The van der Waals surface area contributed by atoms with Gasteiger partial charge in [0.25, 0.3) is 0 Å². The molecule has 0 unspecified atom stereocenters. The van der Waals surface area contributed by atoms with E-state index in [0.717, 1.165) is 12.0 Å². The van der Waals surface area contributed by atoms with E-state index in [2.05, 4.69) is 40.7 Å². The van der Waals surface area contributed by atoms with E-state index in [-0.39, 0.29) is 47.2 Å². The number of aliphatic hydroxyl groups is 16. The molecule has 10 aliphatic rings. The van der Waals surface area contributed by atoms with Gasteiger partial charge in [0.1, 0.15) is 104 Å². The first kappa shape index (κ1) is 67.1. The smallest absolute Gasteiger partial charge is 0.315 e. The second-order valence-electron chi connectivity index (χ2n) is 28.6. The second-order valence-corrected chi connectivity index (χ2v) is 28.6. The quantitative estimate of drug-likeness (QED) is 0.0373. The maximum Gasteiger partial charge on any atom is 0.315 e. The van der Waals surface area contributed by atoms with E-state index in [4.69, 9.17) is 47.4 Å². The number of hydrogen-bond donors (Lipinski definition) is 16. The molecule has 5 saturated heterocycles. The van der Waals surface area contributed by atoms with E-state index in [1.54, 1.807) is 0 Å². The number of rotatable bonds is 13. The van der Waals surface area contributed by atoms with E-state index >= 15 is 4.79 Å². The number of ether oxygens (including phenoxy) is 10. The molecule has 5 aliphatic heterocycles. The Balaban J connectivity index is 0.842. The van der Waals surface area contributed by atoms with Crippen LogP contribution in [0.3, 0.4) is 0 Å². The Morgan fingerprint density at radius 1 is 0.593 bits per heavy atom. The fourth-order valence-electron chi connectivity index (χ4n) is 17.6. The van der Waals surface area contributed by atoms with Gasteiger partial charge in [0.05, 0.1) is 43.5 Å². The Hall–Kier alpha value is -1.79. The number of fused-ring (bicyclic) bond motifs is 7. The van der Waals surface area contributed by atoms with Gasteiger partial charge in [-0.1, -0.05) is 53.2 Å². The van der Waals surface area contributed by atoms with Crippen LogP contribution in [0, 0.1) is 50.2 Å². The largest absolute Gasteiger partial charge is 0.432 e. The summed E-state index contributed by atoms with van der Waals surface area (Å²) in [5, 5.41) is 174. The highest BCUT2D eigenvalue weighted by Crippen LogP contribution is 2.76. The summed E-state index contributed by atoms with van der Waals surface area (Å²) in [6, 6.07) is 0. The summed E-state index contributed by atoms with van der Waals surface area (Å²) in [5.41, 5.74) is -2.19. The van der Waals surface area contributed by atoms with Gasteiger partial charge in [-0.15, -0.1) is 0 Å². The predicted octanol–water partition coefficient (Wildman–Crippen LogP) is -3.23. The van der Waals surface area contributed by atoms with Crippen LogP contribution in [0.2, 0.25) is 0 Å². The van der Waals surface area contributed by atoms with Gasteiger partial charge in [-0.3, -0.25) is 4.79 Å². The van der Waals surface area contributed by atoms with Crippen molar-refractivity contribution >= 4 is 5.97 Å². The Kier molecular flexibility index (Phi) is 19.2. The Morgan fingerprint density at radius 2 is 1.17 bits per heavy atom. The third-order valence-corrected chi connectivity index (χ3v) is 23.3. The minimum atomic E-state index is -2.32. The van der Waals surface area contributed by atoms with Crippen LogP contribution < -0.4 is 0 Å². The number of allylic oxidation sites excluding steroid dienone is 2. The Bertz CT molecular complexity index is 2400. The lowest BCUT2D eigenvalue weighted by Gasteiger charge is -2.71. The summed E-state index contributed by atoms with van der Waals surface area (Å²) >= 11 is 0. The van der Waals surface area contributed by atoms with E-state index in [1.807, 2.05) is 6.92 Å². The minimum Gasteiger partial charge on any atom is -0.432 e. The first-order chi connectivity index (χ1) is 40.2. The van der Waals surface area contributed by atoms with Crippen LogP contribution in [0.25, 0.3) is 0 Å². The third-order valence-electron chi connectivity index (χ3n) is 23.3. The molecule has 0 radical (unpaired) electrons. The number of carbonyl (C=O) groups is 1. The normalized spacial score (nSPS) is 55.1. The highest BCUT2D eigenvalue weighted by atomic mass is 16.8. The van der Waals surface area contributed by atoms with Gasteiger partial charge in [-0.2, -0.15) is 0 Å². The zero-order valence-corrected chi connectivity index (χ0v) is 50.2. The van der Waals surface area contributed by atoms with Crippen LogP contribution in [0.5, 0.6) is 0 Å². The van der Waals surface area contributed by atoms with Crippen LogP contribution in [0.15, 0.2) is 11.6 Å². The number of hydrogen-bond acceptors (Lipinski definition) is 27. The zero-order valence-electron chi connectivity index (χ0n) is 50.2. The fraction of sp³-hybridized carbons (Fsp3) is 0.949. The maximum absolute atomic E-state index is 15.3. The average molecular weight is 1240 g/mol. The van der Waals surface area contributed by atoms with E-state index in [0.29, 0.717) is 57.8 Å². The van der Waals surface area contributed by atoms with Gasteiger partial charge in [0, 0.05) is 5.41 Å². The molecule has 494 valence electrons. The molecule has 0 bridgehead atoms. The molecule has 9 fully saturated rings. The standard InChI is InChI=1S/C59H96O27/c1-23-32(63)35(66)40(71)48(78-23)82-44-28(20-60)80-50(43(74)39(44)70)85-47(75)45-38(69)37(68)42(73)51(83-45)86-53(76)59-17-15-54(3,4)19-26(59)25-9-10-30-55(5)13-12-31(56(6,22-61)29(55)11-14-58(30,8)57(25,7)16-18-59)81-52-46(34(65)27(62)21-77-52)84-49-41(72)36(67)33(64)24(2)79-49/h9,23-24,26-52,60-75H,10-22H2,1-8H3/t23-,24+,26-,27+,28-,29+,30-,31-,32-,33+,34+,35+,36-,37+,38+,39-,40+,41-,42-,43-,44-,45+,46-,47-,48-,49+,50-,51-,52+,55+,56+,57-,58-,59+/m1/s1. The van der Waals surface area contributed by atoms with Crippen molar-refractivity contribution in [1.82, 2.24) is 0 Å². The molecule has 16 N–H and O–H groups in total. The molecule has 86 heavy (non-hydrogen) atoms. The lowest BCUT2D eigenvalue weighted by atomic mass is 9.33. The summed E-state index contributed by atoms with van der Waals surface area (Å²) in [7, 11) is 0. The summed E-state index contributed by atoms with van der Waals surface area (Å²) < 4.78 is 58.8. The van der Waals surface area contributed by atoms with E-state index in [1.165, 1.54) is 13.8 Å².